The zero-order valence-corrected chi connectivity index (χ0v) is 13.6. The molecular weight excluding hydrogens is 272 g/mol. The SMILES string of the molecule is CCCc1cnc(Nc2ccc(CC(C)=O)cc2)cc1CC. The van der Waals surface area contributed by atoms with Crippen LogP contribution < -0.4 is 5.32 Å². The minimum atomic E-state index is 0.182. The zero-order valence-electron chi connectivity index (χ0n) is 13.6. The Hall–Kier alpha value is -2.16. The van der Waals surface area contributed by atoms with Gasteiger partial charge in [0.1, 0.15) is 11.6 Å². The predicted molar refractivity (Wildman–Crippen MR) is 91.7 cm³/mol. The Balaban J connectivity index is 2.11. The van der Waals surface area contributed by atoms with Crippen molar-refractivity contribution >= 4 is 17.3 Å². The van der Waals surface area contributed by atoms with Crippen LogP contribution in [0.15, 0.2) is 36.5 Å². The van der Waals surface area contributed by atoms with E-state index in [0.29, 0.717) is 6.42 Å². The van der Waals surface area contributed by atoms with Crippen molar-refractivity contribution in [1.82, 2.24) is 4.98 Å². The van der Waals surface area contributed by atoms with Gasteiger partial charge in [0.25, 0.3) is 0 Å². The maximum Gasteiger partial charge on any atom is 0.134 e. The Morgan fingerprint density at radius 1 is 1.14 bits per heavy atom. The number of anilines is 2. The fraction of sp³-hybridized carbons (Fsp3) is 0.368. The van der Waals surface area contributed by atoms with Gasteiger partial charge in [-0.05, 0) is 54.7 Å². The molecular formula is C19H24N2O. The van der Waals surface area contributed by atoms with Gasteiger partial charge in [-0.3, -0.25) is 4.79 Å². The van der Waals surface area contributed by atoms with Gasteiger partial charge in [-0.25, -0.2) is 4.98 Å². The Morgan fingerprint density at radius 2 is 1.86 bits per heavy atom. The van der Waals surface area contributed by atoms with Crippen LogP contribution in [0.3, 0.4) is 0 Å². The monoisotopic (exact) mass is 296 g/mol. The van der Waals surface area contributed by atoms with Crippen LogP contribution in [0.1, 0.15) is 43.9 Å². The van der Waals surface area contributed by atoms with Gasteiger partial charge in [-0.15, -0.1) is 0 Å². The molecule has 0 atom stereocenters. The molecule has 0 spiro atoms. The third-order valence-electron chi connectivity index (χ3n) is 3.66. The topological polar surface area (TPSA) is 42.0 Å². The van der Waals surface area contributed by atoms with Crippen molar-refractivity contribution in [1.29, 1.82) is 0 Å². The van der Waals surface area contributed by atoms with Crippen LogP contribution in [-0.4, -0.2) is 10.8 Å². The highest BCUT2D eigenvalue weighted by Crippen LogP contribution is 2.20. The van der Waals surface area contributed by atoms with Gasteiger partial charge in [-0.2, -0.15) is 0 Å². The number of rotatable bonds is 7. The second-order valence-electron chi connectivity index (χ2n) is 5.64. The Morgan fingerprint density at radius 3 is 2.45 bits per heavy atom. The number of pyridine rings is 1. The van der Waals surface area contributed by atoms with E-state index in [4.69, 9.17) is 0 Å². The summed E-state index contributed by atoms with van der Waals surface area (Å²) in [6.07, 6.45) is 5.71. The van der Waals surface area contributed by atoms with E-state index in [0.717, 1.165) is 36.3 Å². The molecule has 2 rings (SSSR count). The summed E-state index contributed by atoms with van der Waals surface area (Å²) < 4.78 is 0. The molecule has 2 aromatic rings. The van der Waals surface area contributed by atoms with E-state index in [2.05, 4.69) is 30.2 Å². The number of carbonyl (C=O) groups excluding carboxylic acids is 1. The Labute approximate surface area is 132 Å². The number of nitrogens with zero attached hydrogens (tertiary/aromatic N) is 1. The molecule has 0 fully saturated rings. The van der Waals surface area contributed by atoms with Gasteiger partial charge in [-0.1, -0.05) is 32.4 Å². The van der Waals surface area contributed by atoms with Gasteiger partial charge in [0.05, 0.1) is 0 Å². The predicted octanol–water partition coefficient (Wildman–Crippen LogP) is 4.47. The third kappa shape index (κ3) is 4.42. The molecule has 0 aliphatic rings. The quantitative estimate of drug-likeness (QED) is 0.819. The molecule has 1 heterocycles. The second kappa shape index (κ2) is 7.74. The molecule has 1 aromatic heterocycles. The first-order valence-electron chi connectivity index (χ1n) is 7.95. The number of Topliss-reactive ketones (excluding diaryl/α,β-unsaturated/α-hetero) is 1. The lowest BCUT2D eigenvalue weighted by Crippen LogP contribution is -2.00. The van der Waals surface area contributed by atoms with E-state index in [1.807, 2.05) is 30.5 Å². The number of carbonyl (C=O) groups is 1. The van der Waals surface area contributed by atoms with E-state index in [-0.39, 0.29) is 5.78 Å². The fourth-order valence-electron chi connectivity index (χ4n) is 2.56. The van der Waals surface area contributed by atoms with Crippen LogP contribution in [0.25, 0.3) is 0 Å². The van der Waals surface area contributed by atoms with Crippen LogP contribution >= 0.6 is 0 Å². The largest absolute Gasteiger partial charge is 0.340 e. The summed E-state index contributed by atoms with van der Waals surface area (Å²) in [4.78, 5) is 15.6. The van der Waals surface area contributed by atoms with Crippen LogP contribution in [0, 0.1) is 0 Å². The first-order chi connectivity index (χ1) is 10.6. The van der Waals surface area contributed by atoms with Crippen molar-refractivity contribution in [2.75, 3.05) is 5.32 Å². The third-order valence-corrected chi connectivity index (χ3v) is 3.66. The lowest BCUT2D eigenvalue weighted by atomic mass is 10.0. The van der Waals surface area contributed by atoms with Gasteiger partial charge >= 0.3 is 0 Å². The van der Waals surface area contributed by atoms with Crippen molar-refractivity contribution in [2.24, 2.45) is 0 Å². The molecule has 0 amide bonds. The average Bonchev–Trinajstić information content (AvgIpc) is 2.50. The van der Waals surface area contributed by atoms with Crippen molar-refractivity contribution in [3.8, 4) is 0 Å². The summed E-state index contributed by atoms with van der Waals surface area (Å²) in [6, 6.07) is 10.1. The zero-order chi connectivity index (χ0) is 15.9. The van der Waals surface area contributed by atoms with Crippen molar-refractivity contribution in [3.05, 3.63) is 53.2 Å². The van der Waals surface area contributed by atoms with Gasteiger partial charge < -0.3 is 5.32 Å². The van der Waals surface area contributed by atoms with Crippen molar-refractivity contribution in [3.63, 3.8) is 0 Å². The maximum atomic E-state index is 11.1. The standard InChI is InChI=1S/C19H24N2O/c1-4-6-17-13-20-19(12-16(17)5-2)21-18-9-7-15(8-10-18)11-14(3)22/h7-10,12-13H,4-6,11H2,1-3H3,(H,20,21). The normalized spacial score (nSPS) is 10.5. The number of benzene rings is 1. The Kier molecular flexibility index (Phi) is 5.70. The van der Waals surface area contributed by atoms with Gasteiger partial charge in [0, 0.05) is 18.3 Å². The molecule has 3 nitrogen and oxygen atoms in total. The lowest BCUT2D eigenvalue weighted by Gasteiger charge is -2.11. The summed E-state index contributed by atoms with van der Waals surface area (Å²) in [5.74, 6) is 1.05. The van der Waals surface area contributed by atoms with Gasteiger partial charge in [0.2, 0.25) is 0 Å². The minimum Gasteiger partial charge on any atom is -0.340 e. The van der Waals surface area contributed by atoms with E-state index >= 15 is 0 Å². The summed E-state index contributed by atoms with van der Waals surface area (Å²) in [5, 5.41) is 3.33. The van der Waals surface area contributed by atoms with Crippen LogP contribution in [0.5, 0.6) is 0 Å². The van der Waals surface area contributed by atoms with Crippen molar-refractivity contribution in [2.45, 2.75) is 46.5 Å². The van der Waals surface area contributed by atoms with Gasteiger partial charge in [0.15, 0.2) is 0 Å². The second-order valence-corrected chi connectivity index (χ2v) is 5.64. The molecule has 22 heavy (non-hydrogen) atoms. The Bertz CT molecular complexity index is 632. The van der Waals surface area contributed by atoms with Crippen LogP contribution in [0.2, 0.25) is 0 Å². The molecule has 1 aromatic carbocycles. The molecule has 0 saturated carbocycles. The number of aryl methyl sites for hydroxylation is 2. The summed E-state index contributed by atoms with van der Waals surface area (Å²) in [5.41, 5.74) is 4.73. The highest BCUT2D eigenvalue weighted by atomic mass is 16.1. The van der Waals surface area contributed by atoms with Crippen molar-refractivity contribution < 1.29 is 4.79 Å². The highest BCUT2D eigenvalue weighted by Gasteiger charge is 2.04. The highest BCUT2D eigenvalue weighted by molar-refractivity contribution is 5.78. The number of hydrogen-bond donors (Lipinski definition) is 1. The molecule has 1 N–H and O–H groups in total. The molecule has 0 radical (unpaired) electrons. The molecule has 0 aliphatic heterocycles. The maximum absolute atomic E-state index is 11.1. The summed E-state index contributed by atoms with van der Waals surface area (Å²) in [7, 11) is 0. The van der Waals surface area contributed by atoms with Crippen LogP contribution in [-0.2, 0) is 24.1 Å². The number of hydrogen-bond acceptors (Lipinski definition) is 3. The smallest absolute Gasteiger partial charge is 0.134 e. The molecule has 0 bridgehead atoms. The molecule has 0 saturated heterocycles. The number of ketones is 1. The minimum absolute atomic E-state index is 0.182. The first kappa shape index (κ1) is 16.2. The lowest BCUT2D eigenvalue weighted by molar-refractivity contribution is -0.116. The number of nitrogens with one attached hydrogen (secondary N) is 1. The molecule has 0 aliphatic carbocycles. The average molecular weight is 296 g/mol. The summed E-state index contributed by atoms with van der Waals surface area (Å²) in [6.45, 7) is 5.98. The van der Waals surface area contributed by atoms with E-state index in [1.54, 1.807) is 6.92 Å². The summed E-state index contributed by atoms with van der Waals surface area (Å²) >= 11 is 0. The molecule has 116 valence electrons. The fourth-order valence-corrected chi connectivity index (χ4v) is 2.56. The molecule has 0 unspecified atom stereocenters. The molecule has 3 heteroatoms. The van der Waals surface area contributed by atoms with E-state index in [9.17, 15) is 4.79 Å². The number of aromatic nitrogens is 1. The first-order valence-corrected chi connectivity index (χ1v) is 7.95. The van der Waals surface area contributed by atoms with Crippen LogP contribution in [0.4, 0.5) is 11.5 Å². The van der Waals surface area contributed by atoms with E-state index in [1.165, 1.54) is 11.1 Å². The van der Waals surface area contributed by atoms with E-state index < -0.39 is 0 Å².